The number of aromatic nitrogens is 2. The number of hydrogen-bond donors (Lipinski definition) is 0. The van der Waals surface area contributed by atoms with Crippen LogP contribution in [0.15, 0.2) is 85.2 Å². The molecular formula is C22H14ClN2O. The molecule has 0 aliphatic rings. The van der Waals surface area contributed by atoms with Gasteiger partial charge in [-0.2, -0.15) is 0 Å². The van der Waals surface area contributed by atoms with Gasteiger partial charge >= 0.3 is 0 Å². The standard InChI is InChI=1S/C22H14ClN2O/c23-19-8-4-7-18(13-19)21-14-22(25-15-24-21)26-20-11-9-17(10-12-20)16-5-2-1-3-6-16/h1-5,7-15H. The van der Waals surface area contributed by atoms with Gasteiger partial charge in [0.1, 0.15) is 12.1 Å². The van der Waals surface area contributed by atoms with Crippen molar-refractivity contribution in [1.82, 2.24) is 9.97 Å². The number of ether oxygens (including phenoxy) is 1. The van der Waals surface area contributed by atoms with Gasteiger partial charge in [-0.05, 0) is 41.5 Å². The Morgan fingerprint density at radius 2 is 1.69 bits per heavy atom. The number of halogens is 1. The van der Waals surface area contributed by atoms with Crippen LogP contribution in [-0.4, -0.2) is 9.97 Å². The first kappa shape index (κ1) is 16.3. The summed E-state index contributed by atoms with van der Waals surface area (Å²) in [6.45, 7) is 0. The van der Waals surface area contributed by atoms with Gasteiger partial charge in [0.15, 0.2) is 0 Å². The third-order valence-corrected chi connectivity index (χ3v) is 4.09. The Hall–Kier alpha value is -3.17. The topological polar surface area (TPSA) is 35.0 Å². The molecule has 0 spiro atoms. The third-order valence-electron chi connectivity index (χ3n) is 3.86. The fourth-order valence-corrected chi connectivity index (χ4v) is 2.79. The fourth-order valence-electron chi connectivity index (χ4n) is 2.60. The van der Waals surface area contributed by atoms with Crippen LogP contribution in [0.5, 0.6) is 11.6 Å². The Bertz CT molecular complexity index is 1020. The summed E-state index contributed by atoms with van der Waals surface area (Å²) < 4.78 is 5.87. The molecule has 1 aromatic heterocycles. The van der Waals surface area contributed by atoms with Gasteiger partial charge in [-0.1, -0.05) is 60.1 Å². The van der Waals surface area contributed by atoms with Gasteiger partial charge in [0.2, 0.25) is 5.88 Å². The molecule has 0 N–H and O–H groups in total. The van der Waals surface area contributed by atoms with Gasteiger partial charge in [0.05, 0.1) is 5.69 Å². The smallest absolute Gasteiger partial charge is 0.222 e. The van der Waals surface area contributed by atoms with Crippen LogP contribution in [0.3, 0.4) is 0 Å². The minimum atomic E-state index is 0.481. The van der Waals surface area contributed by atoms with E-state index in [4.69, 9.17) is 16.3 Å². The van der Waals surface area contributed by atoms with E-state index >= 15 is 0 Å². The van der Waals surface area contributed by atoms with Crippen LogP contribution in [0, 0.1) is 6.07 Å². The van der Waals surface area contributed by atoms with Crippen molar-refractivity contribution in [3.63, 3.8) is 0 Å². The fraction of sp³-hybridized carbons (Fsp3) is 0. The molecule has 4 rings (SSSR count). The zero-order valence-corrected chi connectivity index (χ0v) is 14.5. The Morgan fingerprint density at radius 1 is 0.808 bits per heavy atom. The molecule has 0 atom stereocenters. The molecule has 26 heavy (non-hydrogen) atoms. The van der Waals surface area contributed by atoms with Crippen LogP contribution in [0.1, 0.15) is 0 Å². The van der Waals surface area contributed by atoms with Crippen LogP contribution < -0.4 is 4.74 Å². The number of hydrogen-bond acceptors (Lipinski definition) is 3. The van der Waals surface area contributed by atoms with Gasteiger partial charge < -0.3 is 4.74 Å². The summed E-state index contributed by atoms with van der Waals surface area (Å²) >= 11 is 6.05. The summed E-state index contributed by atoms with van der Waals surface area (Å²) in [4.78, 5) is 8.48. The minimum absolute atomic E-state index is 0.481. The van der Waals surface area contributed by atoms with E-state index in [-0.39, 0.29) is 0 Å². The lowest BCUT2D eigenvalue weighted by Crippen LogP contribution is -1.91. The molecule has 3 nitrogen and oxygen atoms in total. The van der Waals surface area contributed by atoms with Crippen LogP contribution >= 0.6 is 11.6 Å². The van der Waals surface area contributed by atoms with E-state index in [1.807, 2.05) is 72.8 Å². The highest BCUT2D eigenvalue weighted by molar-refractivity contribution is 6.30. The third kappa shape index (κ3) is 3.73. The predicted octanol–water partition coefficient (Wildman–Crippen LogP) is 6.06. The maximum absolute atomic E-state index is 6.05. The van der Waals surface area contributed by atoms with E-state index in [1.54, 1.807) is 6.07 Å². The molecule has 1 heterocycles. The van der Waals surface area contributed by atoms with E-state index in [0.717, 1.165) is 22.4 Å². The van der Waals surface area contributed by atoms with Crippen molar-refractivity contribution in [2.45, 2.75) is 0 Å². The second-order valence-corrected chi connectivity index (χ2v) is 6.09. The van der Waals surface area contributed by atoms with E-state index in [9.17, 15) is 0 Å². The molecule has 4 heteroatoms. The molecule has 0 saturated carbocycles. The monoisotopic (exact) mass is 357 g/mol. The summed E-state index contributed by atoms with van der Waals surface area (Å²) in [6.07, 6.45) is 1.48. The predicted molar refractivity (Wildman–Crippen MR) is 103 cm³/mol. The quantitative estimate of drug-likeness (QED) is 0.445. The number of rotatable bonds is 4. The molecule has 0 amide bonds. The van der Waals surface area contributed by atoms with Crippen molar-refractivity contribution in [2.24, 2.45) is 0 Å². The first-order valence-corrected chi connectivity index (χ1v) is 8.49. The van der Waals surface area contributed by atoms with Gasteiger partial charge in [-0.15, -0.1) is 0 Å². The summed E-state index contributed by atoms with van der Waals surface area (Å²) in [6, 6.07) is 28.2. The Kier molecular flexibility index (Phi) is 4.63. The molecule has 0 saturated heterocycles. The van der Waals surface area contributed by atoms with E-state index < -0.39 is 0 Å². The zero-order chi connectivity index (χ0) is 17.8. The van der Waals surface area contributed by atoms with Crippen molar-refractivity contribution in [1.29, 1.82) is 0 Å². The molecule has 0 bridgehead atoms. The highest BCUT2D eigenvalue weighted by Gasteiger charge is 2.05. The summed E-state index contributed by atoms with van der Waals surface area (Å²) in [5.41, 5.74) is 3.80. The molecule has 0 aliphatic carbocycles. The number of benzene rings is 3. The van der Waals surface area contributed by atoms with Crippen molar-refractivity contribution >= 4 is 11.6 Å². The first-order valence-electron chi connectivity index (χ1n) is 8.11. The van der Waals surface area contributed by atoms with Gasteiger partial charge in [0.25, 0.3) is 0 Å². The Balaban J connectivity index is 1.55. The zero-order valence-electron chi connectivity index (χ0n) is 13.8. The maximum Gasteiger partial charge on any atom is 0.222 e. The van der Waals surface area contributed by atoms with Crippen molar-refractivity contribution in [2.75, 3.05) is 0 Å². The van der Waals surface area contributed by atoms with Gasteiger partial charge in [-0.25, -0.2) is 9.97 Å². The molecule has 0 unspecified atom stereocenters. The summed E-state index contributed by atoms with van der Waals surface area (Å²) in [5.74, 6) is 1.19. The lowest BCUT2D eigenvalue weighted by Gasteiger charge is -2.07. The molecule has 125 valence electrons. The normalized spacial score (nSPS) is 10.5. The summed E-state index contributed by atoms with van der Waals surface area (Å²) in [5, 5.41) is 0.664. The maximum atomic E-state index is 6.05. The van der Waals surface area contributed by atoms with Crippen LogP contribution in [0.2, 0.25) is 5.02 Å². The lowest BCUT2D eigenvalue weighted by molar-refractivity contribution is 0.462. The highest BCUT2D eigenvalue weighted by atomic mass is 35.5. The van der Waals surface area contributed by atoms with Crippen LogP contribution in [0.25, 0.3) is 22.4 Å². The van der Waals surface area contributed by atoms with Crippen molar-refractivity contribution < 1.29 is 4.74 Å². The Morgan fingerprint density at radius 3 is 2.46 bits per heavy atom. The van der Waals surface area contributed by atoms with Crippen molar-refractivity contribution in [3.8, 4) is 34.0 Å². The van der Waals surface area contributed by atoms with E-state index in [0.29, 0.717) is 16.7 Å². The van der Waals surface area contributed by atoms with Gasteiger partial charge in [-0.3, -0.25) is 0 Å². The average molecular weight is 358 g/mol. The Labute approximate surface area is 156 Å². The van der Waals surface area contributed by atoms with E-state index in [2.05, 4.69) is 16.0 Å². The second-order valence-electron chi connectivity index (χ2n) is 5.65. The van der Waals surface area contributed by atoms with Gasteiger partial charge in [0, 0.05) is 16.7 Å². The second kappa shape index (κ2) is 7.38. The van der Waals surface area contributed by atoms with Crippen LogP contribution in [0.4, 0.5) is 0 Å². The van der Waals surface area contributed by atoms with E-state index in [1.165, 1.54) is 6.33 Å². The summed E-state index contributed by atoms with van der Waals surface area (Å²) in [7, 11) is 0. The highest BCUT2D eigenvalue weighted by Crippen LogP contribution is 2.27. The molecule has 0 fully saturated rings. The molecule has 0 aliphatic heterocycles. The van der Waals surface area contributed by atoms with Crippen molar-refractivity contribution in [3.05, 3.63) is 96.3 Å². The molecule has 1 radical (unpaired) electrons. The largest absolute Gasteiger partial charge is 0.439 e. The molecule has 4 aromatic rings. The molecular weight excluding hydrogens is 344 g/mol. The average Bonchev–Trinajstić information content (AvgIpc) is 2.69. The SMILES string of the molecule is Clc1cccc(-c2cc(Oc3ccc(-c4[c]cccc4)cc3)ncn2)c1. The van der Waals surface area contributed by atoms with Crippen LogP contribution in [-0.2, 0) is 0 Å². The first-order chi connectivity index (χ1) is 12.8. The minimum Gasteiger partial charge on any atom is -0.439 e. The lowest BCUT2D eigenvalue weighted by atomic mass is 10.1. The number of nitrogens with zero attached hydrogens (tertiary/aromatic N) is 2. The molecule has 3 aromatic carbocycles.